The maximum Gasteiger partial charge on any atom is 0.197 e. The molecule has 0 bridgehead atoms. The molecule has 1 aromatic rings. The highest BCUT2D eigenvalue weighted by atomic mass is 19.2. The first-order valence-electron chi connectivity index (χ1n) is 4.10. The van der Waals surface area contributed by atoms with Gasteiger partial charge in [0.2, 0.25) is 0 Å². The Morgan fingerprint density at radius 2 is 1.40 bits per heavy atom. The van der Waals surface area contributed by atoms with Gasteiger partial charge in [0.05, 0.1) is 6.61 Å². The van der Waals surface area contributed by atoms with E-state index in [4.69, 9.17) is 5.11 Å². The van der Waals surface area contributed by atoms with Crippen LogP contribution in [0.5, 0.6) is 0 Å². The summed E-state index contributed by atoms with van der Waals surface area (Å²) in [5.41, 5.74) is -0.991. The van der Waals surface area contributed by atoms with Gasteiger partial charge in [-0.05, 0) is 6.42 Å². The molecule has 5 heteroatoms. The molecule has 0 aliphatic carbocycles. The van der Waals surface area contributed by atoms with E-state index < -0.39 is 41.0 Å². The lowest BCUT2D eigenvalue weighted by Crippen LogP contribution is -2.08. The lowest BCUT2D eigenvalue weighted by atomic mass is 10.0. The fourth-order valence-electron chi connectivity index (χ4n) is 1.24. The molecule has 0 aliphatic heterocycles. The van der Waals surface area contributed by atoms with Crippen LogP contribution in [0.1, 0.15) is 11.1 Å². The molecule has 0 unspecified atom stereocenters. The zero-order valence-electron chi connectivity index (χ0n) is 7.66. The van der Waals surface area contributed by atoms with E-state index in [-0.39, 0.29) is 6.42 Å². The SMILES string of the molecule is C=CCc1c(F)c(F)c(F)c(F)c1CO. The van der Waals surface area contributed by atoms with Gasteiger partial charge in [-0.3, -0.25) is 0 Å². The molecule has 0 heterocycles. The van der Waals surface area contributed by atoms with Crippen LogP contribution in [-0.4, -0.2) is 5.11 Å². The first-order chi connectivity index (χ1) is 7.04. The van der Waals surface area contributed by atoms with Crippen molar-refractivity contribution >= 4 is 0 Å². The highest BCUT2D eigenvalue weighted by molar-refractivity contribution is 5.33. The van der Waals surface area contributed by atoms with Crippen molar-refractivity contribution in [3.05, 3.63) is 47.1 Å². The highest BCUT2D eigenvalue weighted by Gasteiger charge is 2.23. The maximum absolute atomic E-state index is 13.1. The average molecular weight is 220 g/mol. The first-order valence-corrected chi connectivity index (χ1v) is 4.10. The molecule has 0 atom stereocenters. The van der Waals surface area contributed by atoms with Crippen molar-refractivity contribution in [3.8, 4) is 0 Å². The molecule has 15 heavy (non-hydrogen) atoms. The fourth-order valence-corrected chi connectivity index (χ4v) is 1.24. The summed E-state index contributed by atoms with van der Waals surface area (Å²) in [4.78, 5) is 0. The van der Waals surface area contributed by atoms with Gasteiger partial charge in [-0.2, -0.15) is 0 Å². The Morgan fingerprint density at radius 3 is 1.80 bits per heavy atom. The van der Waals surface area contributed by atoms with Crippen LogP contribution in [0.2, 0.25) is 0 Å². The third-order valence-electron chi connectivity index (χ3n) is 1.98. The minimum absolute atomic E-state index is 0.185. The molecular formula is C10H8F4O. The molecule has 0 saturated heterocycles. The number of hydrogen-bond acceptors (Lipinski definition) is 1. The Hall–Kier alpha value is -1.36. The molecule has 0 radical (unpaired) electrons. The van der Waals surface area contributed by atoms with Crippen LogP contribution >= 0.6 is 0 Å². The summed E-state index contributed by atoms with van der Waals surface area (Å²) in [5.74, 6) is -6.84. The zero-order valence-corrected chi connectivity index (χ0v) is 7.66. The Bertz CT molecular complexity index is 401. The molecule has 1 nitrogen and oxygen atoms in total. The predicted octanol–water partition coefficient (Wildman–Crippen LogP) is 2.46. The molecule has 0 amide bonds. The molecule has 0 aliphatic rings. The second kappa shape index (κ2) is 4.44. The minimum Gasteiger partial charge on any atom is -0.392 e. The normalized spacial score (nSPS) is 10.5. The van der Waals surface area contributed by atoms with Gasteiger partial charge in [0, 0.05) is 11.1 Å². The van der Waals surface area contributed by atoms with Crippen molar-refractivity contribution in [1.29, 1.82) is 0 Å². The number of rotatable bonds is 3. The summed E-state index contributed by atoms with van der Waals surface area (Å²) >= 11 is 0. The summed E-state index contributed by atoms with van der Waals surface area (Å²) in [6.07, 6.45) is 1.02. The van der Waals surface area contributed by atoms with Gasteiger partial charge in [0.1, 0.15) is 0 Å². The van der Waals surface area contributed by atoms with Crippen molar-refractivity contribution in [2.45, 2.75) is 13.0 Å². The van der Waals surface area contributed by atoms with Gasteiger partial charge in [0.25, 0.3) is 0 Å². The van der Waals surface area contributed by atoms with Gasteiger partial charge < -0.3 is 5.11 Å². The summed E-state index contributed by atoms with van der Waals surface area (Å²) in [7, 11) is 0. The number of hydrogen-bond donors (Lipinski definition) is 1. The van der Waals surface area contributed by atoms with Crippen molar-refractivity contribution in [3.63, 3.8) is 0 Å². The van der Waals surface area contributed by atoms with Crippen LogP contribution in [0.3, 0.4) is 0 Å². The average Bonchev–Trinajstić information content (AvgIpc) is 2.24. The Morgan fingerprint density at radius 1 is 0.933 bits per heavy atom. The molecule has 0 spiro atoms. The molecule has 1 aromatic carbocycles. The van der Waals surface area contributed by atoms with E-state index in [2.05, 4.69) is 6.58 Å². The van der Waals surface area contributed by atoms with E-state index in [9.17, 15) is 17.6 Å². The van der Waals surface area contributed by atoms with E-state index in [0.717, 1.165) is 0 Å². The van der Waals surface area contributed by atoms with Crippen molar-refractivity contribution in [2.75, 3.05) is 0 Å². The van der Waals surface area contributed by atoms with Gasteiger partial charge >= 0.3 is 0 Å². The summed E-state index contributed by atoms with van der Waals surface area (Å²) in [6.45, 7) is 2.37. The molecule has 1 N–H and O–H groups in total. The van der Waals surface area contributed by atoms with Gasteiger partial charge in [-0.25, -0.2) is 17.6 Å². The summed E-state index contributed by atoms with van der Waals surface area (Å²) in [5, 5.41) is 8.74. The van der Waals surface area contributed by atoms with E-state index in [1.54, 1.807) is 0 Å². The standard InChI is InChI=1S/C10H8F4O/c1-2-3-5-6(4-15)8(12)10(14)9(13)7(5)11/h2,15H,1,3-4H2. The van der Waals surface area contributed by atoms with Crippen molar-refractivity contribution in [1.82, 2.24) is 0 Å². The quantitative estimate of drug-likeness (QED) is 0.359. The number of allylic oxidation sites excluding steroid dienone is 1. The fraction of sp³-hybridized carbons (Fsp3) is 0.200. The van der Waals surface area contributed by atoms with Gasteiger partial charge in [-0.1, -0.05) is 6.08 Å². The van der Waals surface area contributed by atoms with Crippen molar-refractivity contribution in [2.24, 2.45) is 0 Å². The molecule has 1 rings (SSSR count). The third kappa shape index (κ3) is 1.87. The van der Waals surface area contributed by atoms with Gasteiger partial charge in [-0.15, -0.1) is 6.58 Å². The lowest BCUT2D eigenvalue weighted by Gasteiger charge is -2.09. The maximum atomic E-state index is 13.1. The van der Waals surface area contributed by atoms with E-state index in [1.807, 2.05) is 0 Å². The topological polar surface area (TPSA) is 20.2 Å². The van der Waals surface area contributed by atoms with Crippen LogP contribution < -0.4 is 0 Å². The monoisotopic (exact) mass is 220 g/mol. The summed E-state index contributed by atoms with van der Waals surface area (Å²) in [6, 6.07) is 0. The Labute approximate surface area is 83.7 Å². The number of aliphatic hydroxyl groups is 1. The van der Waals surface area contributed by atoms with Crippen LogP contribution in [-0.2, 0) is 13.0 Å². The predicted molar refractivity (Wildman–Crippen MR) is 46.1 cm³/mol. The van der Waals surface area contributed by atoms with E-state index >= 15 is 0 Å². The van der Waals surface area contributed by atoms with Crippen LogP contribution in [0.25, 0.3) is 0 Å². The second-order valence-electron chi connectivity index (χ2n) is 2.86. The molecule has 0 saturated carbocycles. The summed E-state index contributed by atoms with van der Waals surface area (Å²) < 4.78 is 51.7. The molecule has 0 fully saturated rings. The van der Waals surface area contributed by atoms with Crippen molar-refractivity contribution < 1.29 is 22.7 Å². The number of aliphatic hydroxyl groups excluding tert-OH is 1. The van der Waals surface area contributed by atoms with Crippen LogP contribution in [0.4, 0.5) is 17.6 Å². The van der Waals surface area contributed by atoms with Crippen LogP contribution in [0.15, 0.2) is 12.7 Å². The first kappa shape index (κ1) is 11.7. The zero-order chi connectivity index (χ0) is 11.6. The second-order valence-corrected chi connectivity index (χ2v) is 2.86. The highest BCUT2D eigenvalue weighted by Crippen LogP contribution is 2.24. The Kier molecular flexibility index (Phi) is 3.47. The Balaban J connectivity index is 3.53. The number of halogens is 4. The molecule has 82 valence electrons. The van der Waals surface area contributed by atoms with Crippen LogP contribution in [0, 0.1) is 23.3 Å². The molecular weight excluding hydrogens is 212 g/mol. The smallest absolute Gasteiger partial charge is 0.197 e. The third-order valence-corrected chi connectivity index (χ3v) is 1.98. The van der Waals surface area contributed by atoms with Gasteiger partial charge in [0.15, 0.2) is 23.3 Å². The van der Waals surface area contributed by atoms with E-state index in [1.165, 1.54) is 6.08 Å². The minimum atomic E-state index is -1.91. The number of benzene rings is 1. The lowest BCUT2D eigenvalue weighted by molar-refractivity contribution is 0.268. The molecule has 0 aromatic heterocycles. The largest absolute Gasteiger partial charge is 0.392 e. The van der Waals surface area contributed by atoms with E-state index in [0.29, 0.717) is 0 Å².